The predicted molar refractivity (Wildman–Crippen MR) is 120 cm³/mol. The Hall–Kier alpha value is -3.68. The first-order valence-corrected chi connectivity index (χ1v) is 10.0. The van der Waals surface area contributed by atoms with Crippen LogP contribution in [0.1, 0.15) is 54.3 Å². The number of nitrogens with one attached hydrogen (secondary N) is 3. The van der Waals surface area contributed by atoms with Crippen LogP contribution in [0.4, 0.5) is 17.1 Å². The quantitative estimate of drug-likeness (QED) is 0.303. The number of esters is 1. The second-order valence-corrected chi connectivity index (χ2v) is 6.95. The topological polar surface area (TPSA) is 114 Å². The number of Topliss-reactive ketones (excluding diaryl/α,β-unsaturated/α-hetero) is 1. The summed E-state index contributed by atoms with van der Waals surface area (Å²) >= 11 is 0. The Bertz CT molecular complexity index is 971. The van der Waals surface area contributed by atoms with Crippen molar-refractivity contribution < 1.29 is 23.9 Å². The highest BCUT2D eigenvalue weighted by molar-refractivity contribution is 6.07. The van der Waals surface area contributed by atoms with Crippen molar-refractivity contribution in [3.63, 3.8) is 0 Å². The van der Waals surface area contributed by atoms with Crippen molar-refractivity contribution in [2.24, 2.45) is 0 Å². The largest absolute Gasteiger partial charge is 0.454 e. The van der Waals surface area contributed by atoms with Gasteiger partial charge in [-0.15, -0.1) is 0 Å². The summed E-state index contributed by atoms with van der Waals surface area (Å²) in [5.74, 6) is -1.77. The van der Waals surface area contributed by atoms with Crippen LogP contribution in [-0.4, -0.2) is 36.7 Å². The number of anilines is 3. The Balaban J connectivity index is 2.12. The van der Waals surface area contributed by atoms with Gasteiger partial charge in [0.1, 0.15) is 0 Å². The van der Waals surface area contributed by atoms with Crippen molar-refractivity contribution in [1.29, 1.82) is 0 Å². The Morgan fingerprint density at radius 3 is 2.26 bits per heavy atom. The van der Waals surface area contributed by atoms with Gasteiger partial charge < -0.3 is 20.7 Å². The zero-order chi connectivity index (χ0) is 22.8. The fraction of sp³-hybridized carbons (Fsp3) is 0.304. The summed E-state index contributed by atoms with van der Waals surface area (Å²) in [5.41, 5.74) is 1.81. The second-order valence-electron chi connectivity index (χ2n) is 6.95. The van der Waals surface area contributed by atoms with Gasteiger partial charge in [-0.05, 0) is 36.8 Å². The van der Waals surface area contributed by atoms with Gasteiger partial charge in [0.15, 0.2) is 6.61 Å². The molecule has 2 amide bonds. The van der Waals surface area contributed by atoms with Crippen LogP contribution < -0.4 is 16.0 Å². The summed E-state index contributed by atoms with van der Waals surface area (Å²) in [6.45, 7) is 4.97. The van der Waals surface area contributed by atoms with Crippen molar-refractivity contribution >= 4 is 40.6 Å². The Kier molecular flexibility index (Phi) is 8.75. The molecule has 0 aliphatic carbocycles. The van der Waals surface area contributed by atoms with Crippen molar-refractivity contribution in [3.8, 4) is 0 Å². The molecule has 0 bridgehead atoms. The Labute approximate surface area is 181 Å². The van der Waals surface area contributed by atoms with Crippen molar-refractivity contribution in [2.45, 2.75) is 33.6 Å². The van der Waals surface area contributed by atoms with E-state index in [2.05, 4.69) is 22.9 Å². The standard InChI is InChI=1S/C23H27N3O5/c1-4-5-12-24-20-9-7-6-8-19(20)23(30)31-14-22(29)18-11-10-17(25-15(2)27)13-21(18)26-16(3)28/h6-11,13,24H,4-5,12,14H2,1-3H3,(H,25,27)(H,26,28). The highest BCUT2D eigenvalue weighted by atomic mass is 16.5. The number of hydrogen-bond donors (Lipinski definition) is 3. The lowest BCUT2D eigenvalue weighted by molar-refractivity contribution is -0.115. The van der Waals surface area contributed by atoms with Gasteiger partial charge >= 0.3 is 5.97 Å². The molecule has 8 heteroatoms. The maximum absolute atomic E-state index is 12.7. The first-order valence-electron chi connectivity index (χ1n) is 10.0. The normalized spacial score (nSPS) is 10.2. The first-order chi connectivity index (χ1) is 14.8. The van der Waals surface area contributed by atoms with E-state index in [4.69, 9.17) is 4.74 Å². The van der Waals surface area contributed by atoms with E-state index < -0.39 is 18.4 Å². The predicted octanol–water partition coefficient (Wildman–Crippen LogP) is 3.86. The monoisotopic (exact) mass is 425 g/mol. The van der Waals surface area contributed by atoms with E-state index in [-0.39, 0.29) is 23.1 Å². The first kappa shape index (κ1) is 23.6. The van der Waals surface area contributed by atoms with E-state index >= 15 is 0 Å². The van der Waals surface area contributed by atoms with Gasteiger partial charge in [-0.3, -0.25) is 14.4 Å². The second kappa shape index (κ2) is 11.5. The maximum Gasteiger partial charge on any atom is 0.340 e. The highest BCUT2D eigenvalue weighted by Gasteiger charge is 2.18. The van der Waals surface area contributed by atoms with Gasteiger partial charge in [-0.1, -0.05) is 25.5 Å². The molecule has 2 rings (SSSR count). The van der Waals surface area contributed by atoms with Crippen LogP contribution in [0.2, 0.25) is 0 Å². The molecule has 164 valence electrons. The minimum atomic E-state index is -0.621. The van der Waals surface area contributed by atoms with Gasteiger partial charge in [0.2, 0.25) is 17.6 Å². The summed E-state index contributed by atoms with van der Waals surface area (Å²) in [5, 5.41) is 8.35. The zero-order valence-corrected chi connectivity index (χ0v) is 17.9. The van der Waals surface area contributed by atoms with Gasteiger partial charge in [-0.2, -0.15) is 0 Å². The molecule has 0 spiro atoms. The SMILES string of the molecule is CCCCNc1ccccc1C(=O)OCC(=O)c1ccc(NC(C)=O)cc1NC(C)=O. The average Bonchev–Trinajstić information content (AvgIpc) is 2.71. The van der Waals surface area contributed by atoms with Gasteiger partial charge in [0.25, 0.3) is 0 Å². The summed E-state index contributed by atoms with van der Waals surface area (Å²) in [7, 11) is 0. The molecular formula is C23H27N3O5. The number of para-hydroxylation sites is 1. The van der Waals surface area contributed by atoms with E-state index in [9.17, 15) is 19.2 Å². The van der Waals surface area contributed by atoms with E-state index in [0.717, 1.165) is 19.4 Å². The molecule has 0 atom stereocenters. The minimum absolute atomic E-state index is 0.173. The molecule has 0 aliphatic heterocycles. The lowest BCUT2D eigenvalue weighted by Crippen LogP contribution is -2.18. The van der Waals surface area contributed by atoms with Crippen LogP contribution in [0.15, 0.2) is 42.5 Å². The number of hydrogen-bond acceptors (Lipinski definition) is 6. The summed E-state index contributed by atoms with van der Waals surface area (Å²) in [4.78, 5) is 48.0. The lowest BCUT2D eigenvalue weighted by atomic mass is 10.1. The smallest absolute Gasteiger partial charge is 0.340 e. The van der Waals surface area contributed by atoms with Crippen molar-refractivity contribution in [1.82, 2.24) is 0 Å². The fourth-order valence-corrected chi connectivity index (χ4v) is 2.86. The third-order valence-electron chi connectivity index (χ3n) is 4.28. The molecule has 0 saturated heterocycles. The van der Waals surface area contributed by atoms with Gasteiger partial charge in [-0.25, -0.2) is 4.79 Å². The van der Waals surface area contributed by atoms with Crippen LogP contribution in [0.25, 0.3) is 0 Å². The molecule has 8 nitrogen and oxygen atoms in total. The molecule has 3 N–H and O–H groups in total. The van der Waals surface area contributed by atoms with E-state index in [1.54, 1.807) is 18.2 Å². The van der Waals surface area contributed by atoms with Gasteiger partial charge in [0.05, 0.1) is 11.3 Å². The number of carbonyl (C=O) groups excluding carboxylic acids is 4. The fourth-order valence-electron chi connectivity index (χ4n) is 2.86. The molecule has 2 aromatic carbocycles. The molecule has 0 fully saturated rings. The molecular weight excluding hydrogens is 398 g/mol. The van der Waals surface area contributed by atoms with Crippen LogP contribution in [0.5, 0.6) is 0 Å². The van der Waals surface area contributed by atoms with E-state index in [0.29, 0.717) is 16.9 Å². The molecule has 0 saturated carbocycles. The molecule has 0 aromatic heterocycles. The van der Waals surface area contributed by atoms with Crippen LogP contribution >= 0.6 is 0 Å². The van der Waals surface area contributed by atoms with Gasteiger partial charge in [0, 0.05) is 37.3 Å². The number of benzene rings is 2. The number of carbonyl (C=O) groups is 4. The Morgan fingerprint density at radius 2 is 1.58 bits per heavy atom. The highest BCUT2D eigenvalue weighted by Crippen LogP contribution is 2.23. The minimum Gasteiger partial charge on any atom is -0.454 e. The van der Waals surface area contributed by atoms with Crippen LogP contribution in [0, 0.1) is 0 Å². The van der Waals surface area contributed by atoms with Crippen molar-refractivity contribution in [2.75, 3.05) is 29.1 Å². The molecule has 2 aromatic rings. The van der Waals surface area contributed by atoms with E-state index in [1.807, 2.05) is 6.07 Å². The summed E-state index contributed by atoms with van der Waals surface area (Å²) in [6.07, 6.45) is 1.98. The van der Waals surface area contributed by atoms with E-state index in [1.165, 1.54) is 32.0 Å². The zero-order valence-electron chi connectivity index (χ0n) is 17.9. The molecule has 0 heterocycles. The Morgan fingerprint density at radius 1 is 0.871 bits per heavy atom. The third-order valence-corrected chi connectivity index (χ3v) is 4.28. The van der Waals surface area contributed by atoms with Crippen molar-refractivity contribution in [3.05, 3.63) is 53.6 Å². The summed E-state index contributed by atoms with van der Waals surface area (Å²) in [6, 6.07) is 11.4. The summed E-state index contributed by atoms with van der Waals surface area (Å²) < 4.78 is 5.24. The average molecular weight is 425 g/mol. The number of amides is 2. The molecule has 0 aliphatic rings. The molecule has 0 unspecified atom stereocenters. The number of rotatable bonds is 10. The molecule has 31 heavy (non-hydrogen) atoms. The number of ether oxygens (including phenoxy) is 1. The third kappa shape index (κ3) is 7.26. The lowest BCUT2D eigenvalue weighted by Gasteiger charge is -2.13. The molecule has 0 radical (unpaired) electrons. The number of ketones is 1. The maximum atomic E-state index is 12.7. The van der Waals surface area contributed by atoms with Crippen LogP contribution in [-0.2, 0) is 14.3 Å². The van der Waals surface area contributed by atoms with Crippen LogP contribution in [0.3, 0.4) is 0 Å². The number of unbranched alkanes of at least 4 members (excludes halogenated alkanes) is 1.